The minimum atomic E-state index is -3.49. The molecule has 2 aromatic carbocycles. The number of methoxy groups -OCH3 is 1. The van der Waals surface area contributed by atoms with Gasteiger partial charge in [0, 0.05) is 17.7 Å². The molecule has 36 heavy (non-hydrogen) atoms. The van der Waals surface area contributed by atoms with E-state index in [1.165, 1.54) is 23.3 Å². The molecule has 0 aliphatic carbocycles. The van der Waals surface area contributed by atoms with E-state index in [1.807, 2.05) is 30.3 Å². The molecule has 0 fully saturated rings. The Kier molecular flexibility index (Phi) is 9.36. The lowest BCUT2D eigenvalue weighted by Gasteiger charge is -2.25. The van der Waals surface area contributed by atoms with Gasteiger partial charge < -0.3 is 14.7 Å². The molecule has 0 saturated heterocycles. The van der Waals surface area contributed by atoms with Crippen LogP contribution in [0.3, 0.4) is 0 Å². The van der Waals surface area contributed by atoms with Crippen molar-refractivity contribution in [3.05, 3.63) is 81.3 Å². The number of carbonyl (C=O) groups excluding carboxylic acids is 2. The van der Waals surface area contributed by atoms with Crippen LogP contribution in [0.1, 0.15) is 44.0 Å². The Hall–Kier alpha value is -3.08. The normalized spacial score (nSPS) is 12.2. The van der Waals surface area contributed by atoms with Gasteiger partial charge in [-0.15, -0.1) is 11.3 Å². The van der Waals surface area contributed by atoms with Crippen LogP contribution in [0.5, 0.6) is 5.75 Å². The van der Waals surface area contributed by atoms with Gasteiger partial charge in [-0.2, -0.15) is 0 Å². The van der Waals surface area contributed by atoms with Gasteiger partial charge in [-0.1, -0.05) is 42.5 Å². The van der Waals surface area contributed by atoms with Gasteiger partial charge in [0.05, 0.1) is 13.7 Å². The largest absolute Gasteiger partial charge is 0.497 e. The van der Waals surface area contributed by atoms with Crippen LogP contribution in [0, 0.1) is 6.92 Å². The van der Waals surface area contributed by atoms with Crippen LogP contribution >= 0.6 is 11.3 Å². The molecule has 0 spiro atoms. The Labute approximate surface area is 215 Å². The second-order valence-corrected chi connectivity index (χ2v) is 12.0. The number of nitrogens with zero attached hydrogens (tertiary/aromatic N) is 2. The highest BCUT2D eigenvalue weighted by molar-refractivity contribution is 7.91. The number of aryl methyl sites for hydroxylation is 2. The number of ether oxygens (including phenoxy) is 1. The number of aromatic nitrogens is 1. The van der Waals surface area contributed by atoms with Gasteiger partial charge in [0.25, 0.3) is 5.91 Å². The SMILES string of the molecule is COc1ccc([C@@H](O)C(=O)N(CCCc2ccccc2)Cc2nc(C(=O)CS(C)(=O)=O)c(C)s2)cc1. The number of amides is 1. The van der Waals surface area contributed by atoms with Crippen LogP contribution in [0.25, 0.3) is 0 Å². The maximum atomic E-state index is 13.3. The number of aliphatic hydroxyl groups is 1. The number of benzene rings is 2. The van der Waals surface area contributed by atoms with Crippen LogP contribution < -0.4 is 4.74 Å². The summed E-state index contributed by atoms with van der Waals surface area (Å²) in [5.74, 6) is -1.06. The van der Waals surface area contributed by atoms with Crippen molar-refractivity contribution in [1.82, 2.24) is 9.88 Å². The molecule has 0 bridgehead atoms. The van der Waals surface area contributed by atoms with Gasteiger partial charge in [-0.25, -0.2) is 13.4 Å². The van der Waals surface area contributed by atoms with Gasteiger partial charge >= 0.3 is 0 Å². The maximum absolute atomic E-state index is 13.3. The lowest BCUT2D eigenvalue weighted by atomic mass is 10.1. The Morgan fingerprint density at radius 2 is 1.78 bits per heavy atom. The topological polar surface area (TPSA) is 114 Å². The first-order valence-electron chi connectivity index (χ1n) is 11.4. The number of thiazole rings is 1. The van der Waals surface area contributed by atoms with E-state index in [-0.39, 0.29) is 12.2 Å². The summed E-state index contributed by atoms with van der Waals surface area (Å²) in [7, 11) is -1.95. The summed E-state index contributed by atoms with van der Waals surface area (Å²) in [6, 6.07) is 16.5. The minimum absolute atomic E-state index is 0.0957. The van der Waals surface area contributed by atoms with Crippen LogP contribution in [0.4, 0.5) is 0 Å². The van der Waals surface area contributed by atoms with Crippen LogP contribution in [0.15, 0.2) is 54.6 Å². The number of ketones is 1. The van der Waals surface area contributed by atoms with Crippen molar-refractivity contribution < 1.29 is 27.9 Å². The van der Waals surface area contributed by atoms with Crippen LogP contribution in [0.2, 0.25) is 0 Å². The Balaban J connectivity index is 1.79. The highest BCUT2D eigenvalue weighted by Crippen LogP contribution is 2.24. The van der Waals surface area contributed by atoms with Crippen molar-refractivity contribution in [2.75, 3.05) is 25.7 Å². The second kappa shape index (κ2) is 12.2. The molecule has 8 nitrogen and oxygen atoms in total. The van der Waals surface area contributed by atoms with Crippen molar-refractivity contribution in [2.24, 2.45) is 0 Å². The number of hydrogen-bond acceptors (Lipinski definition) is 8. The van der Waals surface area contributed by atoms with Gasteiger partial charge in [-0.05, 0) is 43.0 Å². The zero-order valence-corrected chi connectivity index (χ0v) is 22.1. The van der Waals surface area contributed by atoms with Crippen molar-refractivity contribution in [2.45, 2.75) is 32.4 Å². The van der Waals surface area contributed by atoms with Crippen molar-refractivity contribution in [3.8, 4) is 5.75 Å². The predicted octanol–water partition coefficient (Wildman–Crippen LogP) is 3.38. The molecule has 0 radical (unpaired) electrons. The van der Waals surface area contributed by atoms with E-state index in [2.05, 4.69) is 4.98 Å². The van der Waals surface area contributed by atoms with E-state index in [9.17, 15) is 23.1 Å². The van der Waals surface area contributed by atoms with Crippen molar-refractivity contribution >= 4 is 32.9 Å². The Bertz CT molecular complexity index is 1290. The zero-order valence-electron chi connectivity index (χ0n) is 20.5. The lowest BCUT2D eigenvalue weighted by molar-refractivity contribution is -0.141. The molecule has 3 rings (SSSR count). The van der Waals surface area contributed by atoms with Gasteiger partial charge in [0.2, 0.25) is 0 Å². The molecular weight excluding hydrogens is 500 g/mol. The number of hydrogen-bond donors (Lipinski definition) is 1. The summed E-state index contributed by atoms with van der Waals surface area (Å²) >= 11 is 1.24. The number of rotatable bonds is 12. The molecule has 1 N–H and O–H groups in total. The molecule has 3 aromatic rings. The van der Waals surface area contributed by atoms with E-state index < -0.39 is 33.4 Å². The van der Waals surface area contributed by atoms with E-state index >= 15 is 0 Å². The highest BCUT2D eigenvalue weighted by atomic mass is 32.2. The predicted molar refractivity (Wildman–Crippen MR) is 139 cm³/mol. The summed E-state index contributed by atoms with van der Waals surface area (Å²) in [5.41, 5.74) is 1.68. The summed E-state index contributed by atoms with van der Waals surface area (Å²) in [6.07, 6.45) is 1.04. The molecule has 1 amide bonds. The number of sulfone groups is 1. The van der Waals surface area contributed by atoms with Gasteiger partial charge in [-0.3, -0.25) is 9.59 Å². The first-order valence-corrected chi connectivity index (χ1v) is 14.3. The maximum Gasteiger partial charge on any atom is 0.256 e. The molecule has 0 aliphatic rings. The minimum Gasteiger partial charge on any atom is -0.497 e. The fourth-order valence-electron chi connectivity index (χ4n) is 3.73. The first-order chi connectivity index (χ1) is 17.1. The number of aliphatic hydroxyl groups excluding tert-OH is 1. The third-order valence-electron chi connectivity index (χ3n) is 5.54. The van der Waals surface area contributed by atoms with Crippen molar-refractivity contribution in [1.29, 1.82) is 0 Å². The third-order valence-corrected chi connectivity index (χ3v) is 7.28. The molecular formula is C26H30N2O6S2. The molecule has 192 valence electrons. The molecule has 0 saturated carbocycles. The molecule has 0 aliphatic heterocycles. The number of Topliss-reactive ketones (excluding diaryl/α,β-unsaturated/α-hetero) is 1. The molecule has 10 heteroatoms. The quantitative estimate of drug-likeness (QED) is 0.357. The fraction of sp³-hybridized carbons (Fsp3) is 0.346. The summed E-state index contributed by atoms with van der Waals surface area (Å²) in [5, 5.41) is 11.3. The van der Waals surface area contributed by atoms with Gasteiger partial charge in [0.1, 0.15) is 22.2 Å². The zero-order chi connectivity index (χ0) is 26.3. The third kappa shape index (κ3) is 7.71. The standard InChI is InChI=1S/C26H30N2O6S2/c1-18-24(22(29)17-36(3,32)33)27-23(35-18)16-28(15-7-10-19-8-5-4-6-9-19)26(31)25(30)20-11-13-21(34-2)14-12-20/h4-6,8-9,11-14,25,30H,7,10,15-17H2,1-3H3/t25-/m1/s1. The van der Waals surface area contributed by atoms with Crippen LogP contribution in [-0.4, -0.2) is 60.8 Å². The Morgan fingerprint density at radius 3 is 2.39 bits per heavy atom. The lowest BCUT2D eigenvalue weighted by Crippen LogP contribution is -2.35. The molecule has 1 aromatic heterocycles. The summed E-state index contributed by atoms with van der Waals surface area (Å²) in [4.78, 5) is 32.2. The summed E-state index contributed by atoms with van der Waals surface area (Å²) < 4.78 is 28.2. The van der Waals surface area contributed by atoms with E-state index in [0.717, 1.165) is 18.2 Å². The highest BCUT2D eigenvalue weighted by Gasteiger charge is 2.26. The summed E-state index contributed by atoms with van der Waals surface area (Å²) in [6.45, 7) is 2.16. The second-order valence-electron chi connectivity index (χ2n) is 8.53. The molecule has 0 unspecified atom stereocenters. The average molecular weight is 531 g/mol. The number of carbonyl (C=O) groups is 2. The fourth-order valence-corrected chi connectivity index (χ4v) is 5.31. The first kappa shape index (κ1) is 27.5. The molecule has 1 heterocycles. The van der Waals surface area contributed by atoms with E-state index in [4.69, 9.17) is 4.74 Å². The smallest absolute Gasteiger partial charge is 0.256 e. The average Bonchev–Trinajstić information content (AvgIpc) is 3.22. The van der Waals surface area contributed by atoms with Gasteiger partial charge in [0.15, 0.2) is 21.7 Å². The van der Waals surface area contributed by atoms with Crippen LogP contribution in [-0.2, 0) is 27.6 Å². The van der Waals surface area contributed by atoms with Crippen molar-refractivity contribution in [3.63, 3.8) is 0 Å². The van der Waals surface area contributed by atoms with E-state index in [0.29, 0.717) is 34.2 Å². The van der Waals surface area contributed by atoms with E-state index in [1.54, 1.807) is 31.2 Å². The monoisotopic (exact) mass is 530 g/mol. The molecule has 1 atom stereocenters. The Morgan fingerprint density at radius 1 is 1.11 bits per heavy atom.